The molecule has 0 spiro atoms. The molecule has 1 aliphatic heterocycles. The van der Waals surface area contributed by atoms with Crippen molar-refractivity contribution in [1.29, 1.82) is 0 Å². The SMILES string of the molecule is CC(=O)NC1CCN(CC(O)c2cccc(Br)c2)CC1. The molecule has 2 N–H and O–H groups in total. The normalized spacial score (nSPS) is 18.8. The summed E-state index contributed by atoms with van der Waals surface area (Å²) in [6, 6.07) is 8.07. The number of rotatable bonds is 4. The Hall–Kier alpha value is -0.910. The predicted molar refractivity (Wildman–Crippen MR) is 82.4 cm³/mol. The number of hydrogen-bond acceptors (Lipinski definition) is 3. The Balaban J connectivity index is 1.82. The van der Waals surface area contributed by atoms with Gasteiger partial charge in [-0.25, -0.2) is 0 Å². The average Bonchev–Trinajstić information content (AvgIpc) is 2.40. The van der Waals surface area contributed by atoms with Crippen LogP contribution >= 0.6 is 15.9 Å². The number of likely N-dealkylation sites (tertiary alicyclic amines) is 1. The molecule has 1 amide bonds. The van der Waals surface area contributed by atoms with Crippen molar-refractivity contribution >= 4 is 21.8 Å². The zero-order valence-corrected chi connectivity index (χ0v) is 13.3. The summed E-state index contributed by atoms with van der Waals surface area (Å²) in [5.74, 6) is 0.0395. The van der Waals surface area contributed by atoms with Crippen molar-refractivity contribution in [1.82, 2.24) is 10.2 Å². The predicted octanol–water partition coefficient (Wildman–Crippen LogP) is 2.08. The minimum absolute atomic E-state index is 0.0395. The maximum Gasteiger partial charge on any atom is 0.217 e. The monoisotopic (exact) mass is 340 g/mol. The molecule has 110 valence electrons. The van der Waals surface area contributed by atoms with E-state index in [9.17, 15) is 9.90 Å². The van der Waals surface area contributed by atoms with Gasteiger partial charge in [-0.05, 0) is 30.5 Å². The van der Waals surface area contributed by atoms with E-state index < -0.39 is 6.10 Å². The molecule has 0 saturated carbocycles. The van der Waals surface area contributed by atoms with E-state index in [1.54, 1.807) is 6.92 Å². The molecule has 1 heterocycles. The Kier molecular flexibility index (Phi) is 5.57. The molecule has 4 nitrogen and oxygen atoms in total. The van der Waals surface area contributed by atoms with Gasteiger partial charge in [-0.15, -0.1) is 0 Å². The van der Waals surface area contributed by atoms with E-state index >= 15 is 0 Å². The second-order valence-corrected chi connectivity index (χ2v) is 6.26. The first kappa shape index (κ1) is 15.5. The highest BCUT2D eigenvalue weighted by Gasteiger charge is 2.21. The zero-order valence-electron chi connectivity index (χ0n) is 11.7. The average molecular weight is 341 g/mol. The molecule has 1 atom stereocenters. The number of amides is 1. The topological polar surface area (TPSA) is 52.6 Å². The fourth-order valence-electron chi connectivity index (χ4n) is 2.61. The summed E-state index contributed by atoms with van der Waals surface area (Å²) < 4.78 is 0.985. The van der Waals surface area contributed by atoms with Crippen LogP contribution in [0.3, 0.4) is 0 Å². The smallest absolute Gasteiger partial charge is 0.217 e. The number of hydrogen-bond donors (Lipinski definition) is 2. The molecule has 1 saturated heterocycles. The van der Waals surface area contributed by atoms with Crippen LogP contribution in [0.1, 0.15) is 31.4 Å². The first-order valence-electron chi connectivity index (χ1n) is 6.97. The second-order valence-electron chi connectivity index (χ2n) is 5.35. The van der Waals surface area contributed by atoms with Gasteiger partial charge in [-0.2, -0.15) is 0 Å². The Morgan fingerprint density at radius 1 is 1.50 bits per heavy atom. The molecule has 0 bridgehead atoms. The van der Waals surface area contributed by atoms with Crippen LogP contribution in [0.25, 0.3) is 0 Å². The first-order chi connectivity index (χ1) is 9.54. The van der Waals surface area contributed by atoms with Gasteiger partial charge in [0.2, 0.25) is 5.91 Å². The molecular formula is C15H21BrN2O2. The highest BCUT2D eigenvalue weighted by atomic mass is 79.9. The number of nitrogens with one attached hydrogen (secondary N) is 1. The minimum atomic E-state index is -0.468. The van der Waals surface area contributed by atoms with Gasteiger partial charge < -0.3 is 15.3 Å². The third kappa shape index (κ3) is 4.58. The first-order valence-corrected chi connectivity index (χ1v) is 7.77. The molecule has 1 fully saturated rings. The highest BCUT2D eigenvalue weighted by Crippen LogP contribution is 2.20. The van der Waals surface area contributed by atoms with Crippen LogP contribution in [0.5, 0.6) is 0 Å². The van der Waals surface area contributed by atoms with Crippen LogP contribution in [0.15, 0.2) is 28.7 Å². The molecule has 2 rings (SSSR count). The number of nitrogens with zero attached hydrogens (tertiary/aromatic N) is 1. The molecule has 0 radical (unpaired) electrons. The summed E-state index contributed by atoms with van der Waals surface area (Å²) in [6.45, 7) is 4.03. The van der Waals surface area contributed by atoms with Crippen LogP contribution < -0.4 is 5.32 Å². The van der Waals surface area contributed by atoms with E-state index in [2.05, 4.69) is 26.1 Å². The Morgan fingerprint density at radius 3 is 2.80 bits per heavy atom. The number of benzene rings is 1. The van der Waals surface area contributed by atoms with E-state index in [0.29, 0.717) is 6.54 Å². The lowest BCUT2D eigenvalue weighted by atomic mass is 10.0. The van der Waals surface area contributed by atoms with Crippen molar-refractivity contribution in [2.75, 3.05) is 19.6 Å². The lowest BCUT2D eigenvalue weighted by molar-refractivity contribution is -0.120. The molecule has 0 aromatic heterocycles. The third-order valence-electron chi connectivity index (χ3n) is 3.66. The molecule has 1 unspecified atom stereocenters. The molecule has 1 aromatic rings. The van der Waals surface area contributed by atoms with E-state index in [-0.39, 0.29) is 11.9 Å². The van der Waals surface area contributed by atoms with Gasteiger partial charge in [-0.1, -0.05) is 28.1 Å². The van der Waals surface area contributed by atoms with Crippen molar-refractivity contribution in [2.24, 2.45) is 0 Å². The van der Waals surface area contributed by atoms with E-state index in [1.807, 2.05) is 24.3 Å². The van der Waals surface area contributed by atoms with E-state index in [1.165, 1.54) is 0 Å². The van der Waals surface area contributed by atoms with Crippen LogP contribution in [0, 0.1) is 0 Å². The molecular weight excluding hydrogens is 320 g/mol. The summed E-state index contributed by atoms with van der Waals surface area (Å²) in [4.78, 5) is 13.3. The maximum atomic E-state index is 11.0. The van der Waals surface area contributed by atoms with Gasteiger partial charge in [0.05, 0.1) is 6.10 Å². The number of β-amino-alcohol motifs (C(OH)–C–C–N with tert-alkyl or cyclic N) is 1. The van der Waals surface area contributed by atoms with Gasteiger partial charge in [-0.3, -0.25) is 4.79 Å². The van der Waals surface area contributed by atoms with Crippen LogP contribution in [0.4, 0.5) is 0 Å². The van der Waals surface area contributed by atoms with Gasteiger partial charge in [0.15, 0.2) is 0 Å². The zero-order chi connectivity index (χ0) is 14.5. The lowest BCUT2D eigenvalue weighted by Gasteiger charge is -2.33. The standard InChI is InChI=1S/C15H21BrN2O2/c1-11(19)17-14-5-7-18(8-6-14)10-15(20)12-3-2-4-13(16)9-12/h2-4,9,14-15,20H,5-8,10H2,1H3,(H,17,19). The number of carbonyl (C=O) groups is 1. The highest BCUT2D eigenvalue weighted by molar-refractivity contribution is 9.10. The number of aliphatic hydroxyl groups excluding tert-OH is 1. The van der Waals surface area contributed by atoms with Gasteiger partial charge >= 0.3 is 0 Å². The van der Waals surface area contributed by atoms with Crippen molar-refractivity contribution in [3.63, 3.8) is 0 Å². The fourth-order valence-corrected chi connectivity index (χ4v) is 3.03. The van der Waals surface area contributed by atoms with Crippen molar-refractivity contribution in [3.05, 3.63) is 34.3 Å². The Morgan fingerprint density at radius 2 is 2.20 bits per heavy atom. The van der Waals surface area contributed by atoms with Gasteiger partial charge in [0, 0.05) is 37.1 Å². The summed E-state index contributed by atoms with van der Waals surface area (Å²) in [5.41, 5.74) is 0.934. The third-order valence-corrected chi connectivity index (χ3v) is 4.15. The van der Waals surface area contributed by atoms with Gasteiger partial charge in [0.1, 0.15) is 0 Å². The van der Waals surface area contributed by atoms with Crippen LogP contribution in [0.2, 0.25) is 0 Å². The van der Waals surface area contributed by atoms with Crippen molar-refractivity contribution in [2.45, 2.75) is 31.9 Å². The van der Waals surface area contributed by atoms with Crippen molar-refractivity contribution < 1.29 is 9.90 Å². The maximum absolute atomic E-state index is 11.0. The summed E-state index contributed by atoms with van der Waals surface area (Å²) in [5, 5.41) is 13.2. The Bertz CT molecular complexity index is 459. The molecule has 1 aliphatic rings. The molecule has 20 heavy (non-hydrogen) atoms. The lowest BCUT2D eigenvalue weighted by Crippen LogP contribution is -2.45. The summed E-state index contributed by atoms with van der Waals surface area (Å²) in [6.07, 6.45) is 1.43. The molecule has 0 aliphatic carbocycles. The van der Waals surface area contributed by atoms with Crippen molar-refractivity contribution in [3.8, 4) is 0 Å². The van der Waals surface area contributed by atoms with E-state index in [4.69, 9.17) is 0 Å². The molecule has 5 heteroatoms. The quantitative estimate of drug-likeness (QED) is 0.882. The van der Waals surface area contributed by atoms with Gasteiger partial charge in [0.25, 0.3) is 0 Å². The van der Waals surface area contributed by atoms with Crippen LogP contribution in [-0.4, -0.2) is 41.6 Å². The van der Waals surface area contributed by atoms with Crippen LogP contribution in [-0.2, 0) is 4.79 Å². The summed E-state index contributed by atoms with van der Waals surface area (Å²) >= 11 is 3.42. The number of carbonyl (C=O) groups excluding carboxylic acids is 1. The number of aliphatic hydroxyl groups is 1. The van der Waals surface area contributed by atoms with E-state index in [0.717, 1.165) is 36.0 Å². The second kappa shape index (κ2) is 7.20. The largest absolute Gasteiger partial charge is 0.387 e. The Labute approximate surface area is 128 Å². The minimum Gasteiger partial charge on any atom is -0.387 e. The molecule has 1 aromatic carbocycles. The fraction of sp³-hybridized carbons (Fsp3) is 0.533. The summed E-state index contributed by atoms with van der Waals surface area (Å²) in [7, 11) is 0. The number of piperidine rings is 1. The number of halogens is 1.